The molecule has 1 aliphatic carbocycles. The van der Waals surface area contributed by atoms with Crippen molar-refractivity contribution in [2.45, 2.75) is 40.2 Å². The zero-order chi connectivity index (χ0) is 12.8. The van der Waals surface area contributed by atoms with Gasteiger partial charge in [-0.15, -0.1) is 11.3 Å². The molecular weight excluding hydrogens is 294 g/mol. The topological polar surface area (TPSA) is 12.0 Å². The lowest BCUT2D eigenvalue weighted by molar-refractivity contribution is 0.423. The number of hydrogen-bond acceptors (Lipinski definition) is 2. The van der Waals surface area contributed by atoms with Crippen LogP contribution in [-0.2, 0) is 6.42 Å². The maximum absolute atomic E-state index is 3.54. The molecule has 1 nitrogen and oxygen atoms in total. The third-order valence-electron chi connectivity index (χ3n) is 4.96. The Balaban J connectivity index is 2.09. The van der Waals surface area contributed by atoms with E-state index < -0.39 is 0 Å². The Hall–Kier alpha value is 0.140. The van der Waals surface area contributed by atoms with E-state index in [1.807, 2.05) is 11.3 Å². The van der Waals surface area contributed by atoms with Crippen molar-refractivity contribution in [2.24, 2.45) is 16.7 Å². The maximum atomic E-state index is 3.54. The van der Waals surface area contributed by atoms with Crippen molar-refractivity contribution in [1.29, 1.82) is 0 Å². The molecule has 1 aliphatic rings. The highest BCUT2D eigenvalue weighted by Crippen LogP contribution is 2.69. The van der Waals surface area contributed by atoms with E-state index in [0.29, 0.717) is 16.9 Å². The van der Waals surface area contributed by atoms with Crippen molar-refractivity contribution in [3.63, 3.8) is 0 Å². The Kier molecular flexibility index (Phi) is 3.48. The molecule has 1 unspecified atom stereocenters. The second-order valence-electron chi connectivity index (χ2n) is 6.23. The second-order valence-corrected chi connectivity index (χ2v) is 8.77. The Labute approximate surface area is 117 Å². The number of rotatable bonds is 4. The van der Waals surface area contributed by atoms with Crippen molar-refractivity contribution in [3.8, 4) is 0 Å². The molecule has 1 N–H and O–H groups in total. The predicted octanol–water partition coefficient (Wildman–Crippen LogP) is 4.32. The molecule has 3 heteroatoms. The SMILES string of the molecule is CNC(Cc1ccc(Br)s1)C1C(C)(C)C1(C)C. The van der Waals surface area contributed by atoms with E-state index in [1.54, 1.807) is 0 Å². The van der Waals surface area contributed by atoms with Crippen molar-refractivity contribution < 1.29 is 0 Å². The van der Waals surface area contributed by atoms with E-state index in [4.69, 9.17) is 0 Å². The molecule has 1 heterocycles. The Morgan fingerprint density at radius 3 is 2.24 bits per heavy atom. The van der Waals surface area contributed by atoms with Gasteiger partial charge in [0.05, 0.1) is 3.79 Å². The van der Waals surface area contributed by atoms with Gasteiger partial charge in [-0.1, -0.05) is 27.7 Å². The zero-order valence-corrected chi connectivity index (χ0v) is 13.7. The minimum absolute atomic E-state index is 0.454. The number of likely N-dealkylation sites (N-methyl/N-ethyl adjacent to an activating group) is 1. The fourth-order valence-corrected chi connectivity index (χ4v) is 4.86. The molecule has 17 heavy (non-hydrogen) atoms. The summed E-state index contributed by atoms with van der Waals surface area (Å²) in [7, 11) is 2.10. The van der Waals surface area contributed by atoms with Crippen LogP contribution in [0.5, 0.6) is 0 Å². The van der Waals surface area contributed by atoms with Gasteiger partial charge in [0.2, 0.25) is 0 Å². The minimum Gasteiger partial charge on any atom is -0.316 e. The summed E-state index contributed by atoms with van der Waals surface area (Å²) < 4.78 is 1.23. The van der Waals surface area contributed by atoms with Gasteiger partial charge >= 0.3 is 0 Å². The van der Waals surface area contributed by atoms with Crippen molar-refractivity contribution >= 4 is 27.3 Å². The Bertz CT molecular complexity index is 394. The van der Waals surface area contributed by atoms with Gasteiger partial charge in [0.15, 0.2) is 0 Å². The van der Waals surface area contributed by atoms with Gasteiger partial charge in [0, 0.05) is 10.9 Å². The zero-order valence-electron chi connectivity index (χ0n) is 11.3. The molecule has 0 saturated heterocycles. The highest BCUT2D eigenvalue weighted by molar-refractivity contribution is 9.11. The van der Waals surface area contributed by atoms with Gasteiger partial charge < -0.3 is 5.32 Å². The largest absolute Gasteiger partial charge is 0.316 e. The van der Waals surface area contributed by atoms with Crippen LogP contribution < -0.4 is 5.32 Å². The van der Waals surface area contributed by atoms with Gasteiger partial charge in [0.1, 0.15) is 0 Å². The van der Waals surface area contributed by atoms with Crippen LogP contribution in [0, 0.1) is 16.7 Å². The first-order chi connectivity index (χ1) is 7.80. The Morgan fingerprint density at radius 2 is 1.88 bits per heavy atom. The lowest BCUT2D eigenvalue weighted by atomic mass is 10.0. The monoisotopic (exact) mass is 315 g/mol. The van der Waals surface area contributed by atoms with Gasteiger partial charge in [-0.05, 0) is 58.3 Å². The maximum Gasteiger partial charge on any atom is 0.0701 e. The van der Waals surface area contributed by atoms with Crippen molar-refractivity contribution in [2.75, 3.05) is 7.05 Å². The van der Waals surface area contributed by atoms with Gasteiger partial charge in [-0.3, -0.25) is 0 Å². The average Bonchev–Trinajstić information content (AvgIpc) is 2.55. The third-order valence-corrected chi connectivity index (χ3v) is 6.60. The van der Waals surface area contributed by atoms with Crippen LogP contribution in [-0.4, -0.2) is 13.1 Å². The van der Waals surface area contributed by atoms with Gasteiger partial charge in [-0.2, -0.15) is 0 Å². The minimum atomic E-state index is 0.454. The van der Waals surface area contributed by atoms with E-state index in [2.05, 4.69) is 68.1 Å². The van der Waals surface area contributed by atoms with Gasteiger partial charge in [-0.25, -0.2) is 0 Å². The van der Waals surface area contributed by atoms with Crippen LogP contribution in [0.1, 0.15) is 32.6 Å². The van der Waals surface area contributed by atoms with E-state index in [0.717, 1.165) is 12.3 Å². The first-order valence-corrected chi connectivity index (χ1v) is 7.83. The molecule has 0 radical (unpaired) electrons. The van der Waals surface area contributed by atoms with Crippen LogP contribution in [0.15, 0.2) is 15.9 Å². The summed E-state index contributed by atoms with van der Waals surface area (Å²) in [4.78, 5) is 1.47. The molecular formula is C14H22BrNS. The summed E-state index contributed by atoms with van der Waals surface area (Å²) in [6, 6.07) is 4.97. The lowest BCUT2D eigenvalue weighted by Crippen LogP contribution is -2.32. The first kappa shape index (κ1) is 13.6. The smallest absolute Gasteiger partial charge is 0.0701 e. The molecule has 1 aromatic heterocycles. The van der Waals surface area contributed by atoms with Crippen LogP contribution in [0.2, 0.25) is 0 Å². The van der Waals surface area contributed by atoms with E-state index in [9.17, 15) is 0 Å². The summed E-state index contributed by atoms with van der Waals surface area (Å²) in [5.74, 6) is 0.765. The summed E-state index contributed by atoms with van der Waals surface area (Å²) in [6.45, 7) is 9.58. The first-order valence-electron chi connectivity index (χ1n) is 6.22. The number of hydrogen-bond donors (Lipinski definition) is 1. The van der Waals surface area contributed by atoms with Crippen LogP contribution in [0.4, 0.5) is 0 Å². The molecule has 1 saturated carbocycles. The predicted molar refractivity (Wildman–Crippen MR) is 79.6 cm³/mol. The fraction of sp³-hybridized carbons (Fsp3) is 0.714. The summed E-state index contributed by atoms with van der Waals surface area (Å²) in [5.41, 5.74) is 0.907. The molecule has 0 aromatic carbocycles. The van der Waals surface area contributed by atoms with Crippen LogP contribution >= 0.6 is 27.3 Å². The molecule has 2 rings (SSSR count). The molecule has 0 bridgehead atoms. The molecule has 0 aliphatic heterocycles. The molecule has 1 atom stereocenters. The molecule has 0 spiro atoms. The molecule has 96 valence electrons. The highest BCUT2D eigenvalue weighted by atomic mass is 79.9. The highest BCUT2D eigenvalue weighted by Gasteiger charge is 2.66. The van der Waals surface area contributed by atoms with E-state index in [1.165, 1.54) is 8.66 Å². The van der Waals surface area contributed by atoms with E-state index >= 15 is 0 Å². The quantitative estimate of drug-likeness (QED) is 0.872. The number of nitrogens with one attached hydrogen (secondary N) is 1. The average molecular weight is 316 g/mol. The van der Waals surface area contributed by atoms with E-state index in [-0.39, 0.29) is 0 Å². The standard InChI is InChI=1S/C14H22BrNS/c1-13(2)12(14(13,3)4)10(16-5)8-9-6-7-11(15)17-9/h6-7,10,12,16H,8H2,1-5H3. The Morgan fingerprint density at radius 1 is 1.29 bits per heavy atom. The fourth-order valence-electron chi connectivity index (χ4n) is 3.32. The van der Waals surface area contributed by atoms with Crippen LogP contribution in [0.3, 0.4) is 0 Å². The molecule has 1 fully saturated rings. The third kappa shape index (κ3) is 2.22. The van der Waals surface area contributed by atoms with Gasteiger partial charge in [0.25, 0.3) is 0 Å². The van der Waals surface area contributed by atoms with Crippen LogP contribution in [0.25, 0.3) is 0 Å². The van der Waals surface area contributed by atoms with Crippen molar-refractivity contribution in [3.05, 3.63) is 20.8 Å². The normalized spacial score (nSPS) is 23.6. The molecule has 1 aromatic rings. The summed E-state index contributed by atoms with van der Waals surface area (Å²) >= 11 is 5.39. The van der Waals surface area contributed by atoms with Crippen molar-refractivity contribution in [1.82, 2.24) is 5.32 Å². The second kappa shape index (κ2) is 4.36. The summed E-state index contributed by atoms with van der Waals surface area (Å²) in [5, 5.41) is 3.52. The number of thiophene rings is 1. The lowest BCUT2D eigenvalue weighted by Gasteiger charge is -2.17. The summed E-state index contributed by atoms with van der Waals surface area (Å²) in [6.07, 6.45) is 1.14. The molecule has 0 amide bonds. The number of halogens is 1.